The van der Waals surface area contributed by atoms with Gasteiger partial charge in [0.25, 0.3) is 11.6 Å². The molecule has 1 saturated heterocycles. The summed E-state index contributed by atoms with van der Waals surface area (Å²) < 4.78 is 6.92. The van der Waals surface area contributed by atoms with E-state index in [4.69, 9.17) is 4.74 Å². The normalized spacial score (nSPS) is 13.8. The van der Waals surface area contributed by atoms with Crippen molar-refractivity contribution in [2.75, 3.05) is 38.3 Å². The molecule has 0 unspecified atom stereocenters. The van der Waals surface area contributed by atoms with Crippen LogP contribution >= 0.6 is 0 Å². The van der Waals surface area contributed by atoms with Crippen LogP contribution in [0.25, 0.3) is 5.69 Å². The first-order valence-corrected chi connectivity index (χ1v) is 9.98. The van der Waals surface area contributed by atoms with Crippen molar-refractivity contribution in [3.05, 3.63) is 82.2 Å². The van der Waals surface area contributed by atoms with Crippen LogP contribution in [0.5, 0.6) is 0 Å². The van der Waals surface area contributed by atoms with E-state index >= 15 is 0 Å². The Bertz CT molecular complexity index is 1060. The lowest BCUT2D eigenvalue weighted by atomic mass is 10.1. The van der Waals surface area contributed by atoms with Crippen LogP contribution in [0.2, 0.25) is 0 Å². The summed E-state index contributed by atoms with van der Waals surface area (Å²) in [6.07, 6.45) is 3.13. The lowest BCUT2D eigenvalue weighted by Crippen LogP contribution is -2.36. The van der Waals surface area contributed by atoms with Crippen molar-refractivity contribution < 1.29 is 14.5 Å². The summed E-state index contributed by atoms with van der Waals surface area (Å²) in [4.78, 5) is 27.1. The second kappa shape index (κ2) is 8.97. The molecular formula is C22H23N5O4. The van der Waals surface area contributed by atoms with E-state index in [0.29, 0.717) is 17.8 Å². The molecule has 0 spiro atoms. The van der Waals surface area contributed by atoms with Crippen LogP contribution in [0.15, 0.2) is 60.9 Å². The zero-order chi connectivity index (χ0) is 21.8. The van der Waals surface area contributed by atoms with Gasteiger partial charge < -0.3 is 14.5 Å². The Labute approximate surface area is 179 Å². The number of nitro groups is 1. The molecule has 0 saturated carbocycles. The number of ether oxygens (including phenoxy) is 1. The van der Waals surface area contributed by atoms with Gasteiger partial charge in [0.1, 0.15) is 0 Å². The molecule has 9 nitrogen and oxygen atoms in total. The summed E-state index contributed by atoms with van der Waals surface area (Å²) in [5.41, 5.74) is 3.30. The lowest BCUT2D eigenvalue weighted by Gasteiger charge is -2.29. The SMILES string of the molecule is CN(Cc1ccc(N2CCOCC2)cc1)C(=O)c1cnn(-c2ccc([N+](=O)[O-])cc2)c1. The molecule has 2 heterocycles. The van der Waals surface area contributed by atoms with E-state index < -0.39 is 4.92 Å². The van der Waals surface area contributed by atoms with Crippen molar-refractivity contribution in [1.82, 2.24) is 14.7 Å². The van der Waals surface area contributed by atoms with Gasteiger partial charge in [-0.3, -0.25) is 14.9 Å². The van der Waals surface area contributed by atoms with Crippen LogP contribution in [-0.4, -0.2) is 58.9 Å². The van der Waals surface area contributed by atoms with Crippen LogP contribution in [0.3, 0.4) is 0 Å². The number of amides is 1. The molecule has 9 heteroatoms. The summed E-state index contributed by atoms with van der Waals surface area (Å²) in [6, 6.07) is 14.2. The van der Waals surface area contributed by atoms with Gasteiger partial charge in [-0.25, -0.2) is 4.68 Å². The Balaban J connectivity index is 1.39. The fourth-order valence-corrected chi connectivity index (χ4v) is 3.50. The number of nitro benzene ring substituents is 1. The standard InChI is InChI=1S/C22H23N5O4/c1-24(15-17-2-4-19(5-3-17)25-10-12-31-13-11-25)22(28)18-14-23-26(16-18)20-6-8-21(9-7-20)27(29)30/h2-9,14,16H,10-13,15H2,1H3. The fraction of sp³-hybridized carbons (Fsp3) is 0.273. The lowest BCUT2D eigenvalue weighted by molar-refractivity contribution is -0.384. The average molecular weight is 421 g/mol. The van der Waals surface area contributed by atoms with Crippen molar-refractivity contribution in [1.29, 1.82) is 0 Å². The van der Waals surface area contributed by atoms with Crippen LogP contribution in [0.4, 0.5) is 11.4 Å². The maximum absolute atomic E-state index is 12.8. The summed E-state index contributed by atoms with van der Waals surface area (Å²) >= 11 is 0. The maximum atomic E-state index is 12.8. The summed E-state index contributed by atoms with van der Waals surface area (Å²) in [5, 5.41) is 15.0. The predicted molar refractivity (Wildman–Crippen MR) is 115 cm³/mol. The third kappa shape index (κ3) is 4.72. The molecule has 2 aromatic carbocycles. The largest absolute Gasteiger partial charge is 0.378 e. The van der Waals surface area contributed by atoms with Gasteiger partial charge in [-0.1, -0.05) is 12.1 Å². The number of morpholine rings is 1. The summed E-state index contributed by atoms with van der Waals surface area (Å²) in [6.45, 7) is 3.73. The van der Waals surface area contributed by atoms with E-state index in [0.717, 1.165) is 37.6 Å². The molecule has 1 fully saturated rings. The highest BCUT2D eigenvalue weighted by Gasteiger charge is 2.16. The maximum Gasteiger partial charge on any atom is 0.269 e. The van der Waals surface area contributed by atoms with Crippen molar-refractivity contribution in [2.45, 2.75) is 6.54 Å². The zero-order valence-electron chi connectivity index (χ0n) is 17.2. The molecular weight excluding hydrogens is 398 g/mol. The molecule has 4 rings (SSSR count). The van der Waals surface area contributed by atoms with Crippen LogP contribution in [0, 0.1) is 10.1 Å². The number of nitrogens with zero attached hydrogens (tertiary/aromatic N) is 5. The third-order valence-electron chi connectivity index (χ3n) is 5.23. The van der Waals surface area contributed by atoms with Crippen molar-refractivity contribution in [3.63, 3.8) is 0 Å². The second-order valence-electron chi connectivity index (χ2n) is 7.37. The molecule has 0 bridgehead atoms. The first kappa shape index (κ1) is 20.5. The number of carbonyl (C=O) groups is 1. The van der Waals surface area contributed by atoms with Crippen molar-refractivity contribution >= 4 is 17.3 Å². The van der Waals surface area contributed by atoms with Crippen LogP contribution in [0.1, 0.15) is 15.9 Å². The molecule has 1 aliphatic rings. The molecule has 3 aromatic rings. The smallest absolute Gasteiger partial charge is 0.269 e. The predicted octanol–water partition coefficient (Wildman–Crippen LogP) is 2.89. The highest BCUT2D eigenvalue weighted by atomic mass is 16.6. The van der Waals surface area contributed by atoms with Gasteiger partial charge in [-0.05, 0) is 29.8 Å². The van der Waals surface area contributed by atoms with Crippen LogP contribution in [-0.2, 0) is 11.3 Å². The van der Waals surface area contributed by atoms with Gasteiger partial charge in [0.05, 0.1) is 35.6 Å². The van der Waals surface area contributed by atoms with Crippen molar-refractivity contribution in [3.8, 4) is 5.69 Å². The van der Waals surface area contributed by atoms with E-state index in [2.05, 4.69) is 22.1 Å². The van der Waals surface area contributed by atoms with Gasteiger partial charge >= 0.3 is 0 Å². The van der Waals surface area contributed by atoms with Crippen LogP contribution < -0.4 is 4.90 Å². The Morgan fingerprint density at radius 3 is 2.39 bits per heavy atom. The Morgan fingerprint density at radius 1 is 1.10 bits per heavy atom. The van der Waals surface area contributed by atoms with E-state index in [1.54, 1.807) is 30.3 Å². The molecule has 1 amide bonds. The number of aromatic nitrogens is 2. The second-order valence-corrected chi connectivity index (χ2v) is 7.37. The van der Waals surface area contributed by atoms with Gasteiger partial charge in [0.2, 0.25) is 0 Å². The third-order valence-corrected chi connectivity index (χ3v) is 5.23. The van der Waals surface area contributed by atoms with Gasteiger partial charge in [-0.15, -0.1) is 0 Å². The Morgan fingerprint density at radius 2 is 1.74 bits per heavy atom. The van der Waals surface area contributed by atoms with E-state index in [9.17, 15) is 14.9 Å². The topological polar surface area (TPSA) is 93.7 Å². The average Bonchev–Trinajstić information content (AvgIpc) is 3.30. The molecule has 1 aromatic heterocycles. The van der Waals surface area contributed by atoms with E-state index in [1.807, 2.05) is 12.1 Å². The van der Waals surface area contributed by atoms with E-state index in [-0.39, 0.29) is 11.6 Å². The molecule has 0 N–H and O–H groups in total. The summed E-state index contributed by atoms with van der Waals surface area (Å²) in [5.74, 6) is -0.148. The van der Waals surface area contributed by atoms with E-state index in [1.165, 1.54) is 23.0 Å². The Kier molecular flexibility index (Phi) is 5.94. The molecule has 31 heavy (non-hydrogen) atoms. The van der Waals surface area contributed by atoms with Gasteiger partial charge in [0, 0.05) is 50.7 Å². The highest BCUT2D eigenvalue weighted by Crippen LogP contribution is 2.19. The Hall–Kier alpha value is -3.72. The first-order chi connectivity index (χ1) is 15.0. The molecule has 1 aliphatic heterocycles. The molecule has 160 valence electrons. The van der Waals surface area contributed by atoms with Crippen molar-refractivity contribution in [2.24, 2.45) is 0 Å². The molecule has 0 atom stereocenters. The number of benzene rings is 2. The first-order valence-electron chi connectivity index (χ1n) is 9.98. The number of rotatable bonds is 6. The minimum absolute atomic E-state index is 0.00609. The number of non-ortho nitro benzene ring substituents is 1. The summed E-state index contributed by atoms with van der Waals surface area (Å²) in [7, 11) is 1.75. The van der Waals surface area contributed by atoms with Gasteiger partial charge in [0.15, 0.2) is 0 Å². The number of anilines is 1. The fourth-order valence-electron chi connectivity index (χ4n) is 3.50. The highest BCUT2D eigenvalue weighted by molar-refractivity contribution is 5.93. The zero-order valence-corrected chi connectivity index (χ0v) is 17.2. The number of hydrogen-bond donors (Lipinski definition) is 0. The van der Waals surface area contributed by atoms with Gasteiger partial charge in [-0.2, -0.15) is 5.10 Å². The molecule has 0 aliphatic carbocycles. The number of carbonyl (C=O) groups excluding carboxylic acids is 1. The minimum atomic E-state index is -0.454. The molecule has 0 radical (unpaired) electrons. The number of hydrogen-bond acceptors (Lipinski definition) is 6. The minimum Gasteiger partial charge on any atom is -0.378 e. The quantitative estimate of drug-likeness (QED) is 0.449. The monoisotopic (exact) mass is 421 g/mol.